The summed E-state index contributed by atoms with van der Waals surface area (Å²) in [6.45, 7) is 2.13. The van der Waals surface area contributed by atoms with Gasteiger partial charge in [-0.25, -0.2) is 4.98 Å². The number of carbonyl (C=O) groups excluding carboxylic acids is 1. The molecule has 164 valence electrons. The second-order valence-electron chi connectivity index (χ2n) is 8.33. The number of carbonyl (C=O) groups is 1. The van der Waals surface area contributed by atoms with Crippen molar-refractivity contribution in [3.05, 3.63) is 74.7 Å². The van der Waals surface area contributed by atoms with Crippen LogP contribution < -0.4 is 10.9 Å². The molecule has 0 atom stereocenters. The normalized spacial score (nSPS) is 16.1. The number of halogens is 1. The van der Waals surface area contributed by atoms with Crippen LogP contribution in [0, 0.1) is 5.95 Å². The van der Waals surface area contributed by atoms with Crippen LogP contribution in [0.15, 0.2) is 35.3 Å². The van der Waals surface area contributed by atoms with E-state index in [-0.39, 0.29) is 11.3 Å². The molecule has 0 aromatic carbocycles. The van der Waals surface area contributed by atoms with E-state index < -0.39 is 11.9 Å². The predicted molar refractivity (Wildman–Crippen MR) is 120 cm³/mol. The summed E-state index contributed by atoms with van der Waals surface area (Å²) in [6.07, 6.45) is 7.33. The Morgan fingerprint density at radius 2 is 2.09 bits per heavy atom. The van der Waals surface area contributed by atoms with Crippen LogP contribution in [0.25, 0.3) is 16.6 Å². The van der Waals surface area contributed by atoms with Crippen LogP contribution in [0.4, 0.5) is 4.39 Å². The number of hydrogen-bond acceptors (Lipinski definition) is 5. The summed E-state index contributed by atoms with van der Waals surface area (Å²) < 4.78 is 14.5. The highest BCUT2D eigenvalue weighted by Crippen LogP contribution is 2.27. The average Bonchev–Trinajstić information content (AvgIpc) is 3.30. The molecule has 0 bridgehead atoms. The molecule has 0 unspecified atom stereocenters. The number of fused-ring (bicyclic) bond motifs is 3. The third-order valence-corrected chi connectivity index (χ3v) is 6.32. The van der Waals surface area contributed by atoms with E-state index in [1.807, 2.05) is 18.3 Å². The highest BCUT2D eigenvalue weighted by molar-refractivity contribution is 5.92. The lowest BCUT2D eigenvalue weighted by Gasteiger charge is -2.26. The second kappa shape index (κ2) is 8.27. The number of H-pyrrole nitrogens is 1. The van der Waals surface area contributed by atoms with Crippen LogP contribution in [0.5, 0.6) is 0 Å². The number of aryl methyl sites for hydroxylation is 1. The molecule has 1 amide bonds. The van der Waals surface area contributed by atoms with E-state index in [1.165, 1.54) is 7.05 Å². The quantitative estimate of drug-likeness (QED) is 0.618. The largest absolute Gasteiger partial charge is 0.354 e. The average molecular weight is 433 g/mol. The minimum Gasteiger partial charge on any atom is -0.354 e. The second-order valence-corrected chi connectivity index (χ2v) is 8.33. The Kier molecular flexibility index (Phi) is 5.30. The van der Waals surface area contributed by atoms with Gasteiger partial charge in [-0.2, -0.15) is 4.39 Å². The van der Waals surface area contributed by atoms with E-state index in [9.17, 15) is 14.0 Å². The van der Waals surface area contributed by atoms with Crippen LogP contribution in [0.3, 0.4) is 0 Å². The maximum absolute atomic E-state index is 14.5. The number of pyridine rings is 3. The number of amides is 1. The molecule has 2 aliphatic rings. The van der Waals surface area contributed by atoms with Crippen molar-refractivity contribution in [2.45, 2.75) is 32.2 Å². The SMILES string of the molecule is CNC(=O)c1ccc(C2=CCN(Cc3cnc4c5c(c(=O)[nH]c4c3)CCC5)CC2)c(F)n1. The van der Waals surface area contributed by atoms with Crippen LogP contribution in [-0.2, 0) is 19.4 Å². The van der Waals surface area contributed by atoms with Crippen LogP contribution >= 0.6 is 0 Å². The van der Waals surface area contributed by atoms with Crippen molar-refractivity contribution in [3.8, 4) is 0 Å². The fourth-order valence-corrected chi connectivity index (χ4v) is 4.67. The van der Waals surface area contributed by atoms with Crippen molar-refractivity contribution in [1.82, 2.24) is 25.2 Å². The number of aromatic nitrogens is 3. The van der Waals surface area contributed by atoms with Crippen molar-refractivity contribution in [1.29, 1.82) is 0 Å². The molecular formula is C24H24FN5O2. The van der Waals surface area contributed by atoms with Crippen molar-refractivity contribution in [2.24, 2.45) is 0 Å². The lowest BCUT2D eigenvalue weighted by atomic mass is 10.00. The molecule has 1 aliphatic heterocycles. The number of hydrogen-bond donors (Lipinski definition) is 2. The number of nitrogens with one attached hydrogen (secondary N) is 2. The predicted octanol–water partition coefficient (Wildman–Crippen LogP) is 2.59. The third-order valence-electron chi connectivity index (χ3n) is 6.32. The molecule has 2 N–H and O–H groups in total. The summed E-state index contributed by atoms with van der Waals surface area (Å²) in [6, 6.07) is 5.18. The van der Waals surface area contributed by atoms with Crippen molar-refractivity contribution in [2.75, 3.05) is 20.1 Å². The van der Waals surface area contributed by atoms with Crippen LogP contribution in [-0.4, -0.2) is 45.9 Å². The van der Waals surface area contributed by atoms with Crippen LogP contribution in [0.2, 0.25) is 0 Å². The van der Waals surface area contributed by atoms with Gasteiger partial charge < -0.3 is 10.3 Å². The molecule has 5 rings (SSSR count). The van der Waals surface area contributed by atoms with Gasteiger partial charge in [-0.1, -0.05) is 6.08 Å². The fraction of sp³-hybridized carbons (Fsp3) is 0.333. The Labute approximate surface area is 184 Å². The summed E-state index contributed by atoms with van der Waals surface area (Å²) in [4.78, 5) is 37.7. The molecule has 0 fully saturated rings. The number of nitrogens with zero attached hydrogens (tertiary/aromatic N) is 3. The van der Waals surface area contributed by atoms with Gasteiger partial charge in [0.2, 0.25) is 5.95 Å². The maximum Gasteiger partial charge on any atom is 0.269 e. The molecule has 0 radical (unpaired) electrons. The van der Waals surface area contributed by atoms with Crippen molar-refractivity contribution < 1.29 is 9.18 Å². The Morgan fingerprint density at radius 3 is 2.84 bits per heavy atom. The molecular weight excluding hydrogens is 409 g/mol. The summed E-state index contributed by atoms with van der Waals surface area (Å²) in [5.74, 6) is -1.03. The highest BCUT2D eigenvalue weighted by atomic mass is 19.1. The Hall–Kier alpha value is -3.39. The van der Waals surface area contributed by atoms with Gasteiger partial charge in [0.25, 0.3) is 11.5 Å². The van der Waals surface area contributed by atoms with Gasteiger partial charge in [0.05, 0.1) is 11.0 Å². The first-order chi connectivity index (χ1) is 15.5. The van der Waals surface area contributed by atoms with E-state index in [2.05, 4.69) is 25.2 Å². The third kappa shape index (κ3) is 3.71. The zero-order valence-electron chi connectivity index (χ0n) is 17.9. The smallest absolute Gasteiger partial charge is 0.269 e. The van der Waals surface area contributed by atoms with Gasteiger partial charge in [0, 0.05) is 44.0 Å². The van der Waals surface area contributed by atoms with Crippen LogP contribution in [0.1, 0.15) is 45.6 Å². The zero-order valence-corrected chi connectivity index (χ0v) is 17.9. The Bertz CT molecular complexity index is 1310. The maximum atomic E-state index is 14.5. The van der Waals surface area contributed by atoms with E-state index in [1.54, 1.807) is 12.1 Å². The molecule has 3 aromatic rings. The lowest BCUT2D eigenvalue weighted by Crippen LogP contribution is -2.28. The minimum atomic E-state index is -0.624. The molecule has 1 aliphatic carbocycles. The van der Waals surface area contributed by atoms with E-state index >= 15 is 0 Å². The van der Waals surface area contributed by atoms with Crippen molar-refractivity contribution in [3.63, 3.8) is 0 Å². The summed E-state index contributed by atoms with van der Waals surface area (Å²) >= 11 is 0. The molecule has 4 heterocycles. The fourth-order valence-electron chi connectivity index (χ4n) is 4.67. The molecule has 0 saturated carbocycles. The van der Waals surface area contributed by atoms with Gasteiger partial charge in [-0.15, -0.1) is 0 Å². The standard InChI is InChI=1S/C24H24FN5O2/c1-26-24(32)19-6-5-16(22(25)28-19)15-7-9-30(10-8-15)13-14-11-20-21(27-12-14)17-3-2-4-18(17)23(31)29-20/h5-7,11-12H,2-4,8-10,13H2,1H3,(H,26,32)(H,29,31). The molecule has 32 heavy (non-hydrogen) atoms. The van der Waals surface area contributed by atoms with E-state index in [0.29, 0.717) is 25.1 Å². The molecule has 7 nitrogen and oxygen atoms in total. The first-order valence-corrected chi connectivity index (χ1v) is 10.9. The zero-order chi connectivity index (χ0) is 22.2. The van der Waals surface area contributed by atoms with Gasteiger partial charge >= 0.3 is 0 Å². The molecule has 3 aromatic heterocycles. The van der Waals surface area contributed by atoms with Crippen molar-refractivity contribution >= 4 is 22.5 Å². The van der Waals surface area contributed by atoms with Gasteiger partial charge in [0.15, 0.2) is 0 Å². The Morgan fingerprint density at radius 1 is 1.25 bits per heavy atom. The topological polar surface area (TPSA) is 91.0 Å². The summed E-state index contributed by atoms with van der Waals surface area (Å²) in [5, 5.41) is 2.45. The van der Waals surface area contributed by atoms with E-state index in [4.69, 9.17) is 0 Å². The summed E-state index contributed by atoms with van der Waals surface area (Å²) in [7, 11) is 1.49. The molecule has 0 spiro atoms. The van der Waals surface area contributed by atoms with E-state index in [0.717, 1.165) is 59.1 Å². The van der Waals surface area contributed by atoms with Gasteiger partial charge in [-0.3, -0.25) is 19.5 Å². The monoisotopic (exact) mass is 433 g/mol. The highest BCUT2D eigenvalue weighted by Gasteiger charge is 2.20. The number of rotatable bonds is 4. The summed E-state index contributed by atoms with van der Waals surface area (Å²) in [5.41, 5.74) is 6.13. The minimum absolute atomic E-state index is 0.00701. The van der Waals surface area contributed by atoms with Gasteiger partial charge in [-0.05, 0) is 60.6 Å². The first kappa shape index (κ1) is 20.5. The van der Waals surface area contributed by atoms with Gasteiger partial charge in [0.1, 0.15) is 5.69 Å². The Balaban J connectivity index is 1.31. The number of aromatic amines is 1. The lowest BCUT2D eigenvalue weighted by molar-refractivity contribution is 0.0957. The molecule has 0 saturated heterocycles. The molecule has 8 heteroatoms. The first-order valence-electron chi connectivity index (χ1n) is 10.9.